The number of carbonyl (C=O) groups excluding carboxylic acids is 1. The summed E-state index contributed by atoms with van der Waals surface area (Å²) in [4.78, 5) is 14.4. The fourth-order valence-electron chi connectivity index (χ4n) is 3.71. The average Bonchev–Trinajstić information content (AvgIpc) is 2.48. The Morgan fingerprint density at radius 1 is 1.33 bits per heavy atom. The predicted octanol–water partition coefficient (Wildman–Crippen LogP) is 3.04. The van der Waals surface area contributed by atoms with E-state index in [4.69, 9.17) is 11.6 Å². The largest absolute Gasteiger partial charge is 0.389 e. The first-order valence-electron chi connectivity index (χ1n) is 7.82. The lowest BCUT2D eigenvalue weighted by Crippen LogP contribution is -2.54. The summed E-state index contributed by atoms with van der Waals surface area (Å²) in [5, 5.41) is 11.3. The van der Waals surface area contributed by atoms with E-state index in [0.717, 1.165) is 24.8 Å². The standard InChI is InChI=1S/C17H22ClNO2/c18-15-7-2-1-5-13(15)11-16(20)19-10-9-17(21)8-4-3-6-14(17)12-19/h1-2,5,7,14,21H,3-4,6,8-12H2. The minimum Gasteiger partial charge on any atom is -0.389 e. The molecule has 1 N–H and O–H groups in total. The van der Waals surface area contributed by atoms with Crippen LogP contribution in [0, 0.1) is 5.92 Å². The van der Waals surface area contributed by atoms with Crippen molar-refractivity contribution in [2.75, 3.05) is 13.1 Å². The van der Waals surface area contributed by atoms with Crippen LogP contribution in [-0.2, 0) is 11.2 Å². The zero-order valence-electron chi connectivity index (χ0n) is 12.2. The molecule has 2 aliphatic rings. The molecule has 1 aromatic rings. The van der Waals surface area contributed by atoms with Crippen LogP contribution in [0.3, 0.4) is 0 Å². The molecule has 114 valence electrons. The van der Waals surface area contributed by atoms with Crippen molar-refractivity contribution in [1.82, 2.24) is 4.90 Å². The van der Waals surface area contributed by atoms with Gasteiger partial charge in [-0.15, -0.1) is 0 Å². The van der Waals surface area contributed by atoms with Crippen LogP contribution in [0.4, 0.5) is 0 Å². The van der Waals surface area contributed by atoms with E-state index in [-0.39, 0.29) is 11.8 Å². The van der Waals surface area contributed by atoms with Crippen molar-refractivity contribution in [2.45, 2.75) is 44.1 Å². The fourth-order valence-corrected chi connectivity index (χ4v) is 3.92. The molecule has 1 amide bonds. The SMILES string of the molecule is O=C(Cc1ccccc1Cl)N1CCC2(O)CCCCC2C1. The molecule has 1 aliphatic carbocycles. The Hall–Kier alpha value is -1.06. The molecular weight excluding hydrogens is 286 g/mol. The predicted molar refractivity (Wildman–Crippen MR) is 83.3 cm³/mol. The van der Waals surface area contributed by atoms with Gasteiger partial charge in [0.2, 0.25) is 5.91 Å². The number of nitrogens with zero attached hydrogens (tertiary/aromatic N) is 1. The lowest BCUT2D eigenvalue weighted by Gasteiger charge is -2.47. The summed E-state index contributed by atoms with van der Waals surface area (Å²) in [6, 6.07) is 7.51. The van der Waals surface area contributed by atoms with Gasteiger partial charge in [-0.25, -0.2) is 0 Å². The van der Waals surface area contributed by atoms with Gasteiger partial charge in [-0.05, 0) is 30.9 Å². The molecule has 0 radical (unpaired) electrons. The molecule has 2 atom stereocenters. The van der Waals surface area contributed by atoms with E-state index in [1.54, 1.807) is 0 Å². The topological polar surface area (TPSA) is 40.5 Å². The van der Waals surface area contributed by atoms with Crippen molar-refractivity contribution < 1.29 is 9.90 Å². The highest BCUT2D eigenvalue weighted by atomic mass is 35.5. The number of carbonyl (C=O) groups is 1. The van der Waals surface area contributed by atoms with Gasteiger partial charge < -0.3 is 10.0 Å². The number of amides is 1. The van der Waals surface area contributed by atoms with Crippen molar-refractivity contribution in [3.8, 4) is 0 Å². The molecule has 3 rings (SSSR count). The summed E-state index contributed by atoms with van der Waals surface area (Å²) < 4.78 is 0. The van der Waals surface area contributed by atoms with E-state index >= 15 is 0 Å². The van der Waals surface area contributed by atoms with E-state index in [2.05, 4.69) is 0 Å². The van der Waals surface area contributed by atoms with Crippen LogP contribution >= 0.6 is 11.6 Å². The molecule has 1 aliphatic heterocycles. The molecule has 2 unspecified atom stereocenters. The summed E-state index contributed by atoms with van der Waals surface area (Å²) in [6.45, 7) is 1.36. The molecule has 1 aromatic carbocycles. The van der Waals surface area contributed by atoms with E-state index in [1.807, 2.05) is 29.2 Å². The van der Waals surface area contributed by atoms with Crippen LogP contribution in [0.5, 0.6) is 0 Å². The molecule has 3 nitrogen and oxygen atoms in total. The van der Waals surface area contributed by atoms with Crippen LogP contribution in [-0.4, -0.2) is 34.6 Å². The molecule has 0 spiro atoms. The number of benzene rings is 1. The average molecular weight is 308 g/mol. The highest BCUT2D eigenvalue weighted by Crippen LogP contribution is 2.39. The maximum Gasteiger partial charge on any atom is 0.227 e. The fraction of sp³-hybridized carbons (Fsp3) is 0.588. The Morgan fingerprint density at radius 2 is 2.14 bits per heavy atom. The zero-order chi connectivity index (χ0) is 14.9. The summed E-state index contributed by atoms with van der Waals surface area (Å²) in [7, 11) is 0. The lowest BCUT2D eigenvalue weighted by molar-refractivity contribution is -0.142. The van der Waals surface area contributed by atoms with Gasteiger partial charge in [0.15, 0.2) is 0 Å². The van der Waals surface area contributed by atoms with Crippen molar-refractivity contribution in [2.24, 2.45) is 5.92 Å². The second-order valence-electron chi connectivity index (χ2n) is 6.40. The van der Waals surface area contributed by atoms with Crippen molar-refractivity contribution >= 4 is 17.5 Å². The highest BCUT2D eigenvalue weighted by Gasteiger charge is 2.43. The van der Waals surface area contributed by atoms with Gasteiger partial charge in [-0.1, -0.05) is 42.6 Å². The van der Waals surface area contributed by atoms with Gasteiger partial charge in [-0.3, -0.25) is 4.79 Å². The van der Waals surface area contributed by atoms with Crippen LogP contribution in [0.25, 0.3) is 0 Å². The summed E-state index contributed by atoms with van der Waals surface area (Å²) >= 11 is 6.13. The van der Waals surface area contributed by atoms with Gasteiger partial charge >= 0.3 is 0 Å². The third kappa shape index (κ3) is 3.09. The smallest absolute Gasteiger partial charge is 0.227 e. The number of fused-ring (bicyclic) bond motifs is 1. The van der Waals surface area contributed by atoms with Gasteiger partial charge in [0.25, 0.3) is 0 Å². The molecule has 4 heteroatoms. The Labute approximate surface area is 130 Å². The van der Waals surface area contributed by atoms with Crippen molar-refractivity contribution in [3.05, 3.63) is 34.9 Å². The Morgan fingerprint density at radius 3 is 2.95 bits per heavy atom. The first-order valence-corrected chi connectivity index (χ1v) is 8.20. The van der Waals surface area contributed by atoms with E-state index in [1.165, 1.54) is 6.42 Å². The first kappa shape index (κ1) is 14.9. The lowest BCUT2D eigenvalue weighted by atomic mass is 9.71. The third-order valence-corrected chi connectivity index (χ3v) is 5.45. The van der Waals surface area contributed by atoms with Gasteiger partial charge in [0.1, 0.15) is 0 Å². The number of rotatable bonds is 2. The second-order valence-corrected chi connectivity index (χ2v) is 6.81. The normalized spacial score (nSPS) is 29.0. The molecule has 1 saturated heterocycles. The quantitative estimate of drug-likeness (QED) is 0.912. The van der Waals surface area contributed by atoms with Gasteiger partial charge in [-0.2, -0.15) is 0 Å². The summed E-state index contributed by atoms with van der Waals surface area (Å²) in [5.74, 6) is 0.367. The van der Waals surface area contributed by atoms with Crippen LogP contribution < -0.4 is 0 Å². The van der Waals surface area contributed by atoms with E-state index in [9.17, 15) is 9.90 Å². The van der Waals surface area contributed by atoms with E-state index < -0.39 is 5.60 Å². The maximum absolute atomic E-state index is 12.5. The maximum atomic E-state index is 12.5. The minimum atomic E-state index is -0.528. The monoisotopic (exact) mass is 307 g/mol. The van der Waals surface area contributed by atoms with Gasteiger partial charge in [0.05, 0.1) is 12.0 Å². The highest BCUT2D eigenvalue weighted by molar-refractivity contribution is 6.31. The number of aliphatic hydroxyl groups is 1. The number of likely N-dealkylation sites (tertiary alicyclic amines) is 1. The minimum absolute atomic E-state index is 0.121. The van der Waals surface area contributed by atoms with Crippen LogP contribution in [0.1, 0.15) is 37.7 Å². The number of piperidine rings is 1. The number of hydrogen-bond acceptors (Lipinski definition) is 2. The Kier molecular flexibility index (Phi) is 4.23. The Balaban J connectivity index is 1.65. The molecule has 1 saturated carbocycles. The summed E-state index contributed by atoms with van der Waals surface area (Å²) in [5.41, 5.74) is 0.355. The molecule has 1 heterocycles. The molecule has 21 heavy (non-hydrogen) atoms. The number of hydrogen-bond donors (Lipinski definition) is 1. The summed E-state index contributed by atoms with van der Waals surface area (Å²) in [6.07, 6.45) is 5.27. The van der Waals surface area contributed by atoms with Crippen LogP contribution in [0.15, 0.2) is 24.3 Å². The molecule has 0 bridgehead atoms. The van der Waals surface area contributed by atoms with Gasteiger partial charge in [0, 0.05) is 24.0 Å². The first-order chi connectivity index (χ1) is 10.1. The number of halogens is 1. The molecule has 0 aromatic heterocycles. The zero-order valence-corrected chi connectivity index (χ0v) is 13.0. The van der Waals surface area contributed by atoms with Crippen LogP contribution in [0.2, 0.25) is 5.02 Å². The third-order valence-electron chi connectivity index (χ3n) is 5.08. The second kappa shape index (κ2) is 5.98. The van der Waals surface area contributed by atoms with Crippen molar-refractivity contribution in [3.63, 3.8) is 0 Å². The Bertz CT molecular complexity index is 533. The molecular formula is C17H22ClNO2. The molecule has 2 fully saturated rings. The van der Waals surface area contributed by atoms with Crippen molar-refractivity contribution in [1.29, 1.82) is 0 Å². The van der Waals surface area contributed by atoms with E-state index in [0.29, 0.717) is 31.0 Å².